The second-order valence-corrected chi connectivity index (χ2v) is 6.97. The predicted octanol–water partition coefficient (Wildman–Crippen LogP) is 5.86. The fourth-order valence-corrected chi connectivity index (χ4v) is 3.68. The van der Waals surface area contributed by atoms with Crippen LogP contribution in [0.3, 0.4) is 0 Å². The van der Waals surface area contributed by atoms with Gasteiger partial charge in [0.25, 0.3) is 5.91 Å². The molecule has 0 fully saturated rings. The minimum absolute atomic E-state index is 0.0315. The molecule has 0 radical (unpaired) electrons. The van der Waals surface area contributed by atoms with Crippen molar-refractivity contribution in [2.75, 3.05) is 9.62 Å². The van der Waals surface area contributed by atoms with E-state index in [9.17, 15) is 4.79 Å². The van der Waals surface area contributed by atoms with Crippen molar-refractivity contribution in [2.45, 2.75) is 6.54 Å². The van der Waals surface area contributed by atoms with E-state index >= 15 is 0 Å². The molecular weight excluding hydrogens is 352 g/mol. The number of hydrogen-bond donors (Lipinski definition) is 1. The van der Waals surface area contributed by atoms with Crippen molar-refractivity contribution >= 4 is 51.6 Å². The summed E-state index contributed by atoms with van der Waals surface area (Å²) >= 11 is 7.37. The molecule has 0 saturated heterocycles. The zero-order valence-corrected chi connectivity index (χ0v) is 14.9. The fraction of sp³-hybridized carbons (Fsp3) is 0.0500. The molecule has 1 N–H and O–H groups in total. The normalized spacial score (nSPS) is 12.7. The van der Waals surface area contributed by atoms with Crippen molar-refractivity contribution in [1.82, 2.24) is 0 Å². The summed E-state index contributed by atoms with van der Waals surface area (Å²) in [6.07, 6.45) is 0. The van der Waals surface area contributed by atoms with E-state index in [1.165, 1.54) is 11.9 Å². The lowest BCUT2D eigenvalue weighted by Crippen LogP contribution is -2.25. The molecule has 0 spiro atoms. The van der Waals surface area contributed by atoms with Crippen LogP contribution in [-0.4, -0.2) is 5.91 Å². The SMILES string of the molecule is C=CSNc1ccc2c3c(cccc13)C(=O)N2Cc1ccc(Cl)cc1. The van der Waals surface area contributed by atoms with Gasteiger partial charge in [0, 0.05) is 21.4 Å². The topological polar surface area (TPSA) is 32.3 Å². The Kier molecular flexibility index (Phi) is 4.15. The van der Waals surface area contributed by atoms with Crippen LogP contribution in [-0.2, 0) is 6.54 Å². The van der Waals surface area contributed by atoms with Gasteiger partial charge in [-0.2, -0.15) is 0 Å². The molecule has 0 saturated carbocycles. The Morgan fingerprint density at radius 1 is 1.12 bits per heavy atom. The van der Waals surface area contributed by atoms with Crippen molar-refractivity contribution in [2.24, 2.45) is 0 Å². The maximum Gasteiger partial charge on any atom is 0.259 e. The lowest BCUT2D eigenvalue weighted by Gasteiger charge is -2.18. The number of anilines is 2. The molecule has 0 aromatic heterocycles. The van der Waals surface area contributed by atoms with Crippen LogP contribution in [0.4, 0.5) is 11.4 Å². The van der Waals surface area contributed by atoms with Crippen LogP contribution >= 0.6 is 23.5 Å². The Labute approximate surface area is 155 Å². The van der Waals surface area contributed by atoms with Gasteiger partial charge in [0.1, 0.15) is 0 Å². The second kappa shape index (κ2) is 6.47. The average molecular weight is 367 g/mol. The van der Waals surface area contributed by atoms with Crippen molar-refractivity contribution in [1.29, 1.82) is 0 Å². The van der Waals surface area contributed by atoms with Crippen molar-refractivity contribution in [3.05, 3.63) is 82.7 Å². The largest absolute Gasteiger partial charge is 0.326 e. The number of carbonyl (C=O) groups is 1. The third-order valence-electron chi connectivity index (χ3n) is 4.29. The van der Waals surface area contributed by atoms with Crippen LogP contribution in [0, 0.1) is 0 Å². The molecule has 0 atom stereocenters. The monoisotopic (exact) mass is 366 g/mol. The molecule has 4 rings (SSSR count). The summed E-state index contributed by atoms with van der Waals surface area (Å²) in [5.41, 5.74) is 3.71. The van der Waals surface area contributed by atoms with Gasteiger partial charge < -0.3 is 9.62 Å². The smallest absolute Gasteiger partial charge is 0.259 e. The van der Waals surface area contributed by atoms with E-state index in [4.69, 9.17) is 11.6 Å². The molecule has 3 aromatic carbocycles. The molecule has 1 amide bonds. The zero-order chi connectivity index (χ0) is 17.4. The highest BCUT2D eigenvalue weighted by molar-refractivity contribution is 8.03. The van der Waals surface area contributed by atoms with E-state index < -0.39 is 0 Å². The molecule has 3 aromatic rings. The highest BCUT2D eigenvalue weighted by Gasteiger charge is 2.30. The van der Waals surface area contributed by atoms with Crippen molar-refractivity contribution < 1.29 is 4.79 Å². The number of benzene rings is 3. The van der Waals surface area contributed by atoms with Gasteiger partial charge in [-0.1, -0.05) is 42.4 Å². The molecule has 1 heterocycles. The molecule has 1 aliphatic heterocycles. The Hall–Kier alpha value is -2.43. The lowest BCUT2D eigenvalue weighted by molar-refractivity contribution is 0.0991. The maximum atomic E-state index is 12.9. The van der Waals surface area contributed by atoms with E-state index in [0.29, 0.717) is 11.6 Å². The van der Waals surface area contributed by atoms with Crippen molar-refractivity contribution in [3.63, 3.8) is 0 Å². The first kappa shape index (κ1) is 16.1. The van der Waals surface area contributed by atoms with E-state index in [1.807, 2.05) is 59.5 Å². The summed E-state index contributed by atoms with van der Waals surface area (Å²) in [5.74, 6) is 0.0315. The first-order valence-electron chi connectivity index (χ1n) is 7.83. The summed E-state index contributed by atoms with van der Waals surface area (Å²) in [7, 11) is 0. The first-order chi connectivity index (χ1) is 12.2. The minimum Gasteiger partial charge on any atom is -0.326 e. The lowest BCUT2D eigenvalue weighted by atomic mass is 10.0. The van der Waals surface area contributed by atoms with Crippen LogP contribution in [0.5, 0.6) is 0 Å². The van der Waals surface area contributed by atoms with Crippen LogP contribution in [0.25, 0.3) is 10.8 Å². The number of rotatable bonds is 5. The average Bonchev–Trinajstić information content (AvgIpc) is 2.90. The summed E-state index contributed by atoms with van der Waals surface area (Å²) < 4.78 is 3.26. The maximum absolute atomic E-state index is 12.9. The van der Waals surface area contributed by atoms with Gasteiger partial charge in [0.15, 0.2) is 0 Å². The molecule has 0 unspecified atom stereocenters. The van der Waals surface area contributed by atoms with E-state index in [2.05, 4.69) is 11.3 Å². The van der Waals surface area contributed by atoms with Crippen LogP contribution < -0.4 is 9.62 Å². The Morgan fingerprint density at radius 2 is 1.92 bits per heavy atom. The van der Waals surface area contributed by atoms with E-state index in [1.54, 1.807) is 5.41 Å². The van der Waals surface area contributed by atoms with E-state index in [-0.39, 0.29) is 5.91 Å². The number of carbonyl (C=O) groups excluding carboxylic acids is 1. The molecule has 25 heavy (non-hydrogen) atoms. The van der Waals surface area contributed by atoms with E-state index in [0.717, 1.165) is 33.3 Å². The minimum atomic E-state index is 0.0315. The standard InChI is InChI=1S/C20H15ClN2OS/c1-2-25-22-17-10-11-18-19-15(17)4-3-5-16(19)20(24)23(18)12-13-6-8-14(21)9-7-13/h2-11,22H,1,12H2. The summed E-state index contributed by atoms with van der Waals surface area (Å²) in [6.45, 7) is 4.23. The predicted molar refractivity (Wildman–Crippen MR) is 107 cm³/mol. The Bertz CT molecular complexity index is 985. The van der Waals surface area contributed by atoms with Gasteiger partial charge in [-0.3, -0.25) is 4.79 Å². The molecule has 3 nitrogen and oxygen atoms in total. The molecule has 0 aliphatic carbocycles. The van der Waals surface area contributed by atoms with Crippen LogP contribution in [0.2, 0.25) is 5.02 Å². The number of nitrogens with one attached hydrogen (secondary N) is 1. The van der Waals surface area contributed by atoms with Crippen LogP contribution in [0.15, 0.2) is 66.6 Å². The highest BCUT2D eigenvalue weighted by atomic mass is 35.5. The number of nitrogens with zero attached hydrogens (tertiary/aromatic N) is 1. The Balaban J connectivity index is 1.78. The van der Waals surface area contributed by atoms with Crippen LogP contribution in [0.1, 0.15) is 15.9 Å². The Morgan fingerprint density at radius 3 is 2.68 bits per heavy atom. The third-order valence-corrected chi connectivity index (χ3v) is 5.05. The number of halogens is 1. The van der Waals surface area contributed by atoms with Gasteiger partial charge in [0.05, 0.1) is 17.9 Å². The molecule has 5 heteroatoms. The van der Waals surface area contributed by atoms with Crippen molar-refractivity contribution in [3.8, 4) is 0 Å². The molecule has 1 aliphatic rings. The fourth-order valence-electron chi connectivity index (χ4n) is 3.17. The summed E-state index contributed by atoms with van der Waals surface area (Å²) in [4.78, 5) is 14.8. The zero-order valence-electron chi connectivity index (χ0n) is 13.3. The second-order valence-electron chi connectivity index (χ2n) is 5.76. The summed E-state index contributed by atoms with van der Waals surface area (Å²) in [6, 6.07) is 17.4. The third kappa shape index (κ3) is 2.77. The van der Waals surface area contributed by atoms with Gasteiger partial charge in [-0.25, -0.2) is 0 Å². The van der Waals surface area contributed by atoms with Gasteiger partial charge in [-0.15, -0.1) is 0 Å². The quantitative estimate of drug-likeness (QED) is 0.574. The summed E-state index contributed by atoms with van der Waals surface area (Å²) in [5, 5.41) is 4.46. The van der Waals surface area contributed by atoms with Gasteiger partial charge in [-0.05, 0) is 53.3 Å². The molecule has 0 bridgehead atoms. The number of hydrogen-bond acceptors (Lipinski definition) is 3. The van der Waals surface area contributed by atoms with Gasteiger partial charge in [0.2, 0.25) is 0 Å². The highest BCUT2D eigenvalue weighted by Crippen LogP contribution is 2.41. The first-order valence-corrected chi connectivity index (χ1v) is 9.09. The van der Waals surface area contributed by atoms with Gasteiger partial charge >= 0.3 is 0 Å². The number of amides is 1. The molecular formula is C20H15ClN2OS. The molecule has 124 valence electrons.